The van der Waals surface area contributed by atoms with Crippen LogP contribution in [-0.4, -0.2) is 140 Å². The van der Waals surface area contributed by atoms with Gasteiger partial charge in [0.1, 0.15) is 12.7 Å². The molecule has 0 fully saturated rings. The molecule has 0 aromatic carbocycles. The molecule has 0 radical (unpaired) electrons. The van der Waals surface area contributed by atoms with Gasteiger partial charge in [-0.2, -0.15) is 0 Å². The molecule has 15 nitrogen and oxygen atoms in total. The first-order valence-corrected chi connectivity index (χ1v) is 11.8. The van der Waals surface area contributed by atoms with Gasteiger partial charge in [0.2, 0.25) is 6.54 Å². The second kappa shape index (κ2) is 47.7. The molecular formula is C25H49NO14Rf3-6. The molecule has 43 heavy (non-hydrogen) atoms. The molecule has 250 valence electrons. The van der Waals surface area contributed by atoms with Gasteiger partial charge in [0.25, 0.3) is 0 Å². The van der Waals surface area contributed by atoms with Gasteiger partial charge in [-0.05, 0) is 6.42 Å². The average molecular weight is 1390 g/mol. The normalized spacial score (nSPS) is 11.8. The Kier molecular flexibility index (Phi) is 60.9. The number of ether oxygens (including phenoxy) is 8. The summed E-state index contributed by atoms with van der Waals surface area (Å²) in [5.41, 5.74) is 0. The molecule has 0 saturated heterocycles. The van der Waals surface area contributed by atoms with Gasteiger partial charge >= 0.3 is 0 Å². The Hall–Kier alpha value is -4.07. The first-order valence-electron chi connectivity index (χ1n) is 11.8. The third-order valence-electron chi connectivity index (χ3n) is 3.60. The van der Waals surface area contributed by atoms with Crippen molar-refractivity contribution in [1.29, 1.82) is 0 Å². The van der Waals surface area contributed by atoms with E-state index in [1.807, 2.05) is 0 Å². The Balaban J connectivity index is -0.0000000832. The summed E-state index contributed by atoms with van der Waals surface area (Å²) >= 11 is 0. The maximum absolute atomic E-state index is 9.34. The van der Waals surface area contributed by atoms with Gasteiger partial charge in [-0.3, -0.25) is 0 Å². The zero-order chi connectivity index (χ0) is 31.4. The third kappa shape index (κ3) is 58.5. The molecule has 0 aromatic heterocycles. The van der Waals surface area contributed by atoms with Crippen LogP contribution in [0.4, 0.5) is 0 Å². The predicted molar refractivity (Wildman–Crippen MR) is 143 cm³/mol. The van der Waals surface area contributed by atoms with Crippen LogP contribution in [0, 0.1) is 49.2 Å². The van der Waals surface area contributed by atoms with Crippen LogP contribution in [0.15, 0.2) is 0 Å². The Labute approximate surface area is 239 Å². The summed E-state index contributed by atoms with van der Waals surface area (Å²) in [4.78, 5) is 3.10. The summed E-state index contributed by atoms with van der Waals surface area (Å²) in [6.45, 7) is 8.40. The van der Waals surface area contributed by atoms with Crippen molar-refractivity contribution in [2.45, 2.75) is 36.9 Å². The topological polar surface area (TPSA) is 200 Å². The van der Waals surface area contributed by atoms with Crippen molar-refractivity contribution < 1.29 is 68.5 Å². The summed E-state index contributed by atoms with van der Waals surface area (Å²) in [6.07, 6.45) is -2.92. The van der Waals surface area contributed by atoms with E-state index < -0.39 is 30.5 Å². The maximum atomic E-state index is 9.34. The minimum Gasteiger partial charge on any atom is -0.553 e. The molecule has 0 aliphatic carbocycles. The van der Waals surface area contributed by atoms with Crippen molar-refractivity contribution in [3.63, 3.8) is 0 Å². The zero-order valence-electron chi connectivity index (χ0n) is 25.3. The summed E-state index contributed by atoms with van der Waals surface area (Å²) in [7, 11) is 18.5. The van der Waals surface area contributed by atoms with Crippen LogP contribution in [0.5, 0.6) is 0 Å². The number of rotatable bonds is 22. The van der Waals surface area contributed by atoms with Crippen molar-refractivity contribution in [2.75, 3.05) is 79.2 Å². The SMILES string of the molecule is [C-]#[N+]CCOCC(O)COCC(O)CO[CH2-].[CH2-]OCC(O)CCO.[CH2-]OCC(O)CO[CH2-].[CH2-]OCC(O)CO[CH2-].[Rf].[Rf].[Rf]. The standard InChI is InChI=1S/C10H18NO5.2C5H10O3.C5H11O3.3Rf/c1-11-3-4-15-6-10(13)8-16-7-9(12)5-14-2;2*1-7-3-5(6)4-8-2;1-8-4-5(7)2-3-6;;;/h9-10,12-13H,2-8H2;2*5-6H,1-4H2;5-7H,1-4H2;;;/q-1;2*-2;-1;;;. The molecular weight excluding hydrogens is 1340 g/mol. The molecule has 0 aliphatic heterocycles. The van der Waals surface area contributed by atoms with Crippen molar-refractivity contribution in [1.82, 2.24) is 0 Å². The van der Waals surface area contributed by atoms with E-state index in [4.69, 9.17) is 36.5 Å². The molecule has 0 amide bonds. The first kappa shape index (κ1) is 54.9. The molecule has 0 heterocycles. The van der Waals surface area contributed by atoms with E-state index in [-0.39, 0.29) is 72.6 Å². The van der Waals surface area contributed by atoms with E-state index in [9.17, 15) is 10.2 Å². The fraction of sp³-hybridized carbons (Fsp3) is 0.720. The van der Waals surface area contributed by atoms with Crippen LogP contribution in [0.25, 0.3) is 4.85 Å². The van der Waals surface area contributed by atoms with Crippen molar-refractivity contribution >= 4 is 0 Å². The van der Waals surface area contributed by atoms with Crippen LogP contribution in [0.2, 0.25) is 0 Å². The molecule has 0 aliphatic rings. The molecule has 3 atom stereocenters. The summed E-state index contributed by atoms with van der Waals surface area (Å²) < 4.78 is 36.2. The van der Waals surface area contributed by atoms with Crippen molar-refractivity contribution in [3.8, 4) is 0 Å². The fourth-order valence-corrected chi connectivity index (χ4v) is 1.91. The smallest absolute Gasteiger partial charge is 0.237 e. The average Bonchev–Trinajstić information content (AvgIpc) is 2.89. The zero-order valence-corrected chi connectivity index (χ0v) is 44.5. The Bertz CT molecular complexity index is 451. The molecule has 6 N–H and O–H groups in total. The van der Waals surface area contributed by atoms with Gasteiger partial charge in [0.15, 0.2) is 0 Å². The molecule has 0 saturated carbocycles. The Morgan fingerprint density at radius 3 is 1.07 bits per heavy atom. The van der Waals surface area contributed by atoms with Gasteiger partial charge in [-0.25, -0.2) is 49.2 Å². The van der Waals surface area contributed by atoms with Gasteiger partial charge in [0, 0.05) is 46.2 Å². The molecule has 0 spiro atoms. The van der Waals surface area contributed by atoms with Crippen LogP contribution >= 0.6 is 0 Å². The van der Waals surface area contributed by atoms with Crippen LogP contribution in [-0.2, 0) is 37.9 Å². The summed E-state index contributed by atoms with van der Waals surface area (Å²) in [5.74, 6) is 0. The van der Waals surface area contributed by atoms with Crippen molar-refractivity contribution in [2.24, 2.45) is 0 Å². The van der Waals surface area contributed by atoms with E-state index in [1.165, 1.54) is 0 Å². The largest absolute Gasteiger partial charge is 0.553 e. The minimum atomic E-state index is -0.751. The number of aliphatic hydroxyl groups is 6. The molecule has 3 unspecified atom stereocenters. The minimum absolute atomic E-state index is 0. The second-order valence-electron chi connectivity index (χ2n) is 7.50. The molecule has 0 rings (SSSR count). The van der Waals surface area contributed by atoms with Crippen LogP contribution in [0.3, 0.4) is 0 Å². The summed E-state index contributed by atoms with van der Waals surface area (Å²) in [6, 6.07) is 0. The number of aliphatic hydroxyl groups excluding tert-OH is 6. The van der Waals surface area contributed by atoms with E-state index in [0.29, 0.717) is 13.0 Å². The molecule has 0 bridgehead atoms. The number of hydrogen-bond donors (Lipinski definition) is 6. The second-order valence-corrected chi connectivity index (χ2v) is 7.50. The Morgan fingerprint density at radius 1 is 0.488 bits per heavy atom. The quantitative estimate of drug-likeness (QED) is 0.0567. The van der Waals surface area contributed by atoms with Crippen LogP contribution < -0.4 is 0 Å². The van der Waals surface area contributed by atoms with Gasteiger partial charge in [0.05, 0.1) is 44.2 Å². The fourth-order valence-electron chi connectivity index (χ4n) is 1.91. The van der Waals surface area contributed by atoms with Gasteiger partial charge < -0.3 is 73.4 Å². The van der Waals surface area contributed by atoms with Crippen molar-refractivity contribution in [3.05, 3.63) is 54.1 Å². The van der Waals surface area contributed by atoms with E-state index >= 15 is 0 Å². The Morgan fingerprint density at radius 2 is 0.767 bits per heavy atom. The number of hydrogen-bond acceptors (Lipinski definition) is 14. The van der Waals surface area contributed by atoms with Gasteiger partial charge in [-0.1, -0.05) is 0 Å². The van der Waals surface area contributed by atoms with E-state index in [0.717, 1.165) is 0 Å². The summed E-state index contributed by atoms with van der Waals surface area (Å²) in [5, 5.41) is 52.9. The monoisotopic (exact) mass is 1390 g/mol. The van der Waals surface area contributed by atoms with Crippen LogP contribution in [0.1, 0.15) is 6.42 Å². The predicted octanol–water partition coefficient (Wildman–Crippen LogP) is -1.07. The van der Waals surface area contributed by atoms with E-state index in [2.05, 4.69) is 75.9 Å². The maximum Gasteiger partial charge on any atom is 0.237 e. The third-order valence-corrected chi connectivity index (χ3v) is 3.60. The van der Waals surface area contributed by atoms with E-state index in [1.54, 1.807) is 0 Å². The molecule has 18 heteroatoms. The first-order chi connectivity index (χ1) is 19.1. The van der Waals surface area contributed by atoms with Gasteiger partial charge in [-0.15, -0.1) is 0 Å². The molecule has 0 aromatic rings. The number of nitrogens with zero attached hydrogens (tertiary/aromatic N) is 1.